The number of nitro groups is 2. The highest BCUT2D eigenvalue weighted by Crippen LogP contribution is 2.36. The first-order valence-corrected chi connectivity index (χ1v) is 13.5. The highest BCUT2D eigenvalue weighted by atomic mass is 79.9. The van der Waals surface area contributed by atoms with Gasteiger partial charge in [0.25, 0.3) is 0 Å². The monoisotopic (exact) mass is 704 g/mol. The van der Waals surface area contributed by atoms with Gasteiger partial charge < -0.3 is 0 Å². The van der Waals surface area contributed by atoms with Gasteiger partial charge in [-0.15, -0.1) is 23.5 Å². The summed E-state index contributed by atoms with van der Waals surface area (Å²) in [6.07, 6.45) is 3.14. The number of hydrogen-bond donors (Lipinski definition) is 0. The molecule has 0 radical (unpaired) electrons. The molecule has 0 aliphatic heterocycles. The van der Waals surface area contributed by atoms with Gasteiger partial charge in [0.15, 0.2) is 8.73 Å². The van der Waals surface area contributed by atoms with Gasteiger partial charge in [0.2, 0.25) is 0 Å². The molecule has 0 spiro atoms. The lowest BCUT2D eigenvalue weighted by molar-refractivity contribution is -0.419. The van der Waals surface area contributed by atoms with Crippen LogP contribution in [0.4, 0.5) is 0 Å². The highest BCUT2D eigenvalue weighted by Gasteiger charge is 2.25. The number of halogens is 8. The van der Waals surface area contributed by atoms with E-state index in [1.54, 1.807) is 0 Å². The van der Waals surface area contributed by atoms with Crippen molar-refractivity contribution in [1.82, 2.24) is 0 Å². The molecule has 0 bridgehead atoms. The van der Waals surface area contributed by atoms with E-state index in [1.165, 1.54) is 0 Å². The topological polar surface area (TPSA) is 86.3 Å². The minimum Gasteiger partial charge on any atom is -0.258 e. The Morgan fingerprint density at radius 1 is 0.667 bits per heavy atom. The molecule has 0 aromatic carbocycles. The summed E-state index contributed by atoms with van der Waals surface area (Å²) in [6.45, 7) is 0. The fourth-order valence-electron chi connectivity index (χ4n) is 1.67. The van der Waals surface area contributed by atoms with Crippen LogP contribution in [-0.2, 0) is 0 Å². The van der Waals surface area contributed by atoms with Gasteiger partial charge in [-0.25, -0.2) is 0 Å². The van der Waals surface area contributed by atoms with Gasteiger partial charge >= 0.3 is 11.4 Å². The van der Waals surface area contributed by atoms with E-state index < -0.39 is 21.2 Å². The van der Waals surface area contributed by atoms with Gasteiger partial charge in [0.05, 0.1) is 9.85 Å². The van der Waals surface area contributed by atoms with E-state index in [0.717, 1.165) is 49.2 Å². The van der Waals surface area contributed by atoms with E-state index in [0.29, 0.717) is 11.5 Å². The van der Waals surface area contributed by atoms with Gasteiger partial charge in [-0.2, -0.15) is 0 Å². The Hall–Kier alpha value is 1.16. The van der Waals surface area contributed by atoms with Gasteiger partial charge in [0, 0.05) is 0 Å². The van der Waals surface area contributed by atoms with Crippen molar-refractivity contribution in [1.29, 1.82) is 0 Å². The van der Waals surface area contributed by atoms with Gasteiger partial charge in [-0.05, 0) is 56.2 Å². The average Bonchev–Trinajstić information content (AvgIpc) is 2.63. The zero-order chi connectivity index (χ0) is 23.4. The summed E-state index contributed by atoms with van der Waals surface area (Å²) >= 11 is 42.7. The summed E-state index contributed by atoms with van der Waals surface area (Å²) in [4.78, 5) is 20.8. The molecule has 170 valence electrons. The molecular formula is C14H12Br2Cl6N2O4S2. The summed E-state index contributed by atoms with van der Waals surface area (Å²) in [6, 6.07) is 0. The maximum Gasteiger partial charge on any atom is 0.314 e. The predicted molar refractivity (Wildman–Crippen MR) is 138 cm³/mol. The van der Waals surface area contributed by atoms with Crippen LogP contribution in [0, 0.1) is 20.2 Å². The lowest BCUT2D eigenvalue weighted by atomic mass is 10.2. The second-order valence-corrected chi connectivity index (χ2v) is 12.4. The van der Waals surface area contributed by atoms with Gasteiger partial charge in [-0.3, -0.25) is 20.2 Å². The normalized spacial score (nSPS) is 15.1. The van der Waals surface area contributed by atoms with Crippen LogP contribution in [0.25, 0.3) is 0 Å². The summed E-state index contributed by atoms with van der Waals surface area (Å²) in [5, 5.41) is 21.6. The second-order valence-electron chi connectivity index (χ2n) is 5.02. The van der Waals surface area contributed by atoms with Crippen molar-refractivity contribution in [2.75, 3.05) is 11.5 Å². The van der Waals surface area contributed by atoms with Crippen LogP contribution in [0.15, 0.2) is 38.1 Å². The molecule has 0 unspecified atom stereocenters. The van der Waals surface area contributed by atoms with E-state index in [2.05, 4.69) is 31.9 Å². The largest absolute Gasteiger partial charge is 0.314 e. The first-order chi connectivity index (χ1) is 13.9. The molecule has 0 saturated heterocycles. The van der Waals surface area contributed by atoms with Crippen molar-refractivity contribution in [2.45, 2.75) is 25.7 Å². The Morgan fingerprint density at radius 2 is 0.967 bits per heavy atom. The molecule has 0 N–H and O–H groups in total. The van der Waals surface area contributed by atoms with Crippen LogP contribution in [-0.4, -0.2) is 21.4 Å². The molecule has 0 rings (SSSR count). The SMILES string of the molecule is O=[N+]([O-])C(/C(Cl)=C(\Cl)Br)=C(/Cl)SCCCCCCS/C(Cl)=C(/C(Cl)=C(\Cl)Br)[N+](=O)[O-]. The lowest BCUT2D eigenvalue weighted by Gasteiger charge is -2.04. The Kier molecular flexibility index (Phi) is 17.4. The van der Waals surface area contributed by atoms with Crippen LogP contribution < -0.4 is 0 Å². The summed E-state index contributed by atoms with van der Waals surface area (Å²) < 4.78 is -0.318. The minimum absolute atomic E-state index is 0.0576. The zero-order valence-electron chi connectivity index (χ0n) is 14.6. The third-order valence-corrected chi connectivity index (χ3v) is 8.43. The number of nitrogens with zero attached hydrogens (tertiary/aromatic N) is 2. The van der Waals surface area contributed by atoms with Crippen molar-refractivity contribution in [3.05, 3.63) is 58.3 Å². The fourth-order valence-corrected chi connectivity index (χ4v) is 5.24. The number of hydrogen-bond acceptors (Lipinski definition) is 6. The van der Waals surface area contributed by atoms with Crippen molar-refractivity contribution in [3.8, 4) is 0 Å². The van der Waals surface area contributed by atoms with Crippen LogP contribution in [0.3, 0.4) is 0 Å². The van der Waals surface area contributed by atoms with E-state index in [9.17, 15) is 20.2 Å². The number of allylic oxidation sites excluding steroid dienone is 2. The molecule has 0 heterocycles. The second kappa shape index (κ2) is 16.7. The number of unbranched alkanes of at least 4 members (excludes halogenated alkanes) is 3. The smallest absolute Gasteiger partial charge is 0.258 e. The molecule has 16 heteroatoms. The molecule has 0 aromatic rings. The van der Waals surface area contributed by atoms with Gasteiger partial charge in [-0.1, -0.05) is 82.4 Å². The van der Waals surface area contributed by atoms with Crippen LogP contribution in [0.5, 0.6) is 0 Å². The highest BCUT2D eigenvalue weighted by molar-refractivity contribution is 9.12. The average molecular weight is 709 g/mol. The first kappa shape index (κ1) is 31.2. The third-order valence-electron chi connectivity index (χ3n) is 2.98. The number of rotatable bonds is 13. The molecule has 0 aliphatic carbocycles. The van der Waals surface area contributed by atoms with E-state index in [1.807, 2.05) is 0 Å². The molecular weight excluding hydrogens is 697 g/mol. The maximum absolute atomic E-state index is 11.1. The molecule has 0 atom stereocenters. The standard InChI is InChI=1S/C14H12Br2Cl6N2O4S2/c15-11(19)7(17)9(23(25)26)13(21)29-5-3-1-2-4-6-30-14(22)10(24(27)28)8(18)12(16)20/h1-6H2/b11-7+,12-8+,13-9-,14-10-. The minimum atomic E-state index is -0.695. The molecule has 0 amide bonds. The quantitative estimate of drug-likeness (QED) is 0.0820. The predicted octanol–water partition coefficient (Wildman–Crippen LogP) is 9.47. The third kappa shape index (κ3) is 11.9. The van der Waals surface area contributed by atoms with Crippen LogP contribution in [0.2, 0.25) is 0 Å². The molecule has 0 aromatic heterocycles. The van der Waals surface area contributed by atoms with Crippen molar-refractivity contribution in [3.63, 3.8) is 0 Å². The summed E-state index contributed by atoms with van der Waals surface area (Å²) in [5.41, 5.74) is -0.915. The maximum atomic E-state index is 11.1. The van der Waals surface area contributed by atoms with E-state index >= 15 is 0 Å². The van der Waals surface area contributed by atoms with E-state index in [-0.39, 0.29) is 26.7 Å². The number of thioether (sulfide) groups is 2. The molecule has 30 heavy (non-hydrogen) atoms. The fraction of sp³-hybridized carbons (Fsp3) is 0.429. The van der Waals surface area contributed by atoms with Gasteiger partial charge in [0.1, 0.15) is 17.9 Å². The van der Waals surface area contributed by atoms with Crippen molar-refractivity contribution < 1.29 is 9.85 Å². The van der Waals surface area contributed by atoms with E-state index in [4.69, 9.17) is 69.6 Å². The Bertz CT molecular complexity index is 720. The molecule has 6 nitrogen and oxygen atoms in total. The Balaban J connectivity index is 4.48. The summed E-state index contributed by atoms with van der Waals surface area (Å²) in [7, 11) is 0. The van der Waals surface area contributed by atoms with Crippen LogP contribution in [0.1, 0.15) is 25.7 Å². The molecule has 0 aliphatic rings. The first-order valence-electron chi connectivity index (χ1n) is 7.67. The summed E-state index contributed by atoms with van der Waals surface area (Å²) in [5.74, 6) is 1.09. The Morgan fingerprint density at radius 3 is 1.20 bits per heavy atom. The van der Waals surface area contributed by atoms with Crippen molar-refractivity contribution >= 4 is 125 Å². The molecule has 0 saturated carbocycles. The van der Waals surface area contributed by atoms with Crippen molar-refractivity contribution in [2.24, 2.45) is 0 Å². The molecule has 0 fully saturated rings. The zero-order valence-corrected chi connectivity index (χ0v) is 24.0. The Labute approximate surface area is 228 Å². The van der Waals surface area contributed by atoms with Crippen LogP contribution >= 0.6 is 125 Å². The lowest BCUT2D eigenvalue weighted by Crippen LogP contribution is -2.01.